The molecule has 0 amide bonds. The minimum Gasteiger partial charge on any atom is -0.398 e. The number of hydrogen-bond donors (Lipinski definition) is 1. The fraction of sp³-hybridized carbons (Fsp3) is 0.500. The summed E-state index contributed by atoms with van der Waals surface area (Å²) in [6, 6.07) is 5.89. The number of nitrogens with two attached hydrogens (primary N) is 1. The van der Waals surface area contributed by atoms with Crippen LogP contribution in [-0.4, -0.2) is 6.10 Å². The van der Waals surface area contributed by atoms with Crippen LogP contribution in [0.2, 0.25) is 0 Å². The minimum atomic E-state index is 0.304. The lowest BCUT2D eigenvalue weighted by molar-refractivity contribution is 0.0475. The monoisotopic (exact) mass is 271 g/mol. The first-order valence-electron chi connectivity index (χ1n) is 5.29. The zero-order valence-corrected chi connectivity index (χ0v) is 10.9. The van der Waals surface area contributed by atoms with E-state index in [2.05, 4.69) is 29.8 Å². The Morgan fingerprint density at radius 1 is 1.47 bits per heavy atom. The number of nitrogen functional groups attached to an aromatic ring is 1. The number of halogens is 1. The molecule has 0 spiro atoms. The third kappa shape index (κ3) is 4.22. The van der Waals surface area contributed by atoms with E-state index in [0.717, 1.165) is 28.6 Å². The average molecular weight is 272 g/mol. The molecule has 1 rings (SSSR count). The summed E-state index contributed by atoms with van der Waals surface area (Å²) in [5, 5.41) is 0. The number of benzene rings is 1. The van der Waals surface area contributed by atoms with Crippen LogP contribution in [0.1, 0.15) is 32.3 Å². The molecule has 0 aliphatic heterocycles. The molecule has 1 atom stereocenters. The largest absolute Gasteiger partial charge is 0.398 e. The van der Waals surface area contributed by atoms with Crippen LogP contribution in [0.4, 0.5) is 5.69 Å². The molecule has 0 aliphatic rings. The van der Waals surface area contributed by atoms with E-state index in [-0.39, 0.29) is 0 Å². The van der Waals surface area contributed by atoms with Crippen LogP contribution in [0, 0.1) is 0 Å². The maximum absolute atomic E-state index is 5.87. The zero-order valence-electron chi connectivity index (χ0n) is 9.29. The van der Waals surface area contributed by atoms with Gasteiger partial charge in [0.05, 0.1) is 12.7 Å². The highest BCUT2D eigenvalue weighted by Gasteiger charge is 2.04. The molecule has 0 aromatic heterocycles. The Balaban J connectivity index is 2.50. The summed E-state index contributed by atoms with van der Waals surface area (Å²) < 4.78 is 6.70. The molecule has 0 bridgehead atoms. The summed E-state index contributed by atoms with van der Waals surface area (Å²) in [4.78, 5) is 0. The van der Waals surface area contributed by atoms with Crippen molar-refractivity contribution >= 4 is 21.6 Å². The maximum atomic E-state index is 5.87. The second kappa shape index (κ2) is 6.13. The molecule has 0 aliphatic carbocycles. The lowest BCUT2D eigenvalue weighted by atomic mass is 10.2. The van der Waals surface area contributed by atoms with Crippen molar-refractivity contribution < 1.29 is 4.74 Å². The molecule has 2 N–H and O–H groups in total. The van der Waals surface area contributed by atoms with Gasteiger partial charge >= 0.3 is 0 Å². The maximum Gasteiger partial charge on any atom is 0.0740 e. The van der Waals surface area contributed by atoms with Crippen LogP contribution in [-0.2, 0) is 11.3 Å². The van der Waals surface area contributed by atoms with Crippen molar-refractivity contribution in [1.29, 1.82) is 0 Å². The summed E-state index contributed by atoms with van der Waals surface area (Å²) in [6.07, 6.45) is 2.55. The molecule has 15 heavy (non-hydrogen) atoms. The predicted molar refractivity (Wildman–Crippen MR) is 67.7 cm³/mol. The molecule has 0 radical (unpaired) electrons. The van der Waals surface area contributed by atoms with E-state index in [1.165, 1.54) is 0 Å². The Labute approximate surface area is 99.9 Å². The van der Waals surface area contributed by atoms with Crippen molar-refractivity contribution in [2.75, 3.05) is 5.73 Å². The molecule has 0 saturated heterocycles. The molecule has 84 valence electrons. The Morgan fingerprint density at radius 2 is 2.20 bits per heavy atom. The van der Waals surface area contributed by atoms with Crippen LogP contribution in [0.5, 0.6) is 0 Å². The average Bonchev–Trinajstić information content (AvgIpc) is 2.17. The molecule has 0 fully saturated rings. The highest BCUT2D eigenvalue weighted by Crippen LogP contribution is 2.19. The number of hydrogen-bond acceptors (Lipinski definition) is 2. The van der Waals surface area contributed by atoms with E-state index in [0.29, 0.717) is 12.7 Å². The van der Waals surface area contributed by atoms with Crippen molar-refractivity contribution in [3.05, 3.63) is 28.2 Å². The van der Waals surface area contributed by atoms with Crippen molar-refractivity contribution in [2.24, 2.45) is 0 Å². The lowest BCUT2D eigenvalue weighted by Gasteiger charge is -2.13. The highest BCUT2D eigenvalue weighted by molar-refractivity contribution is 9.10. The summed E-state index contributed by atoms with van der Waals surface area (Å²) >= 11 is 3.38. The first-order valence-corrected chi connectivity index (χ1v) is 6.08. The zero-order chi connectivity index (χ0) is 11.3. The summed E-state index contributed by atoms with van der Waals surface area (Å²) in [5.41, 5.74) is 7.71. The quantitative estimate of drug-likeness (QED) is 0.829. The van der Waals surface area contributed by atoms with E-state index < -0.39 is 0 Å². The fourth-order valence-corrected chi connectivity index (χ4v) is 1.80. The van der Waals surface area contributed by atoms with Gasteiger partial charge in [-0.3, -0.25) is 0 Å². The fourth-order valence-electron chi connectivity index (χ4n) is 1.42. The van der Waals surface area contributed by atoms with E-state index in [9.17, 15) is 0 Å². The van der Waals surface area contributed by atoms with Gasteiger partial charge in [0.15, 0.2) is 0 Å². The van der Waals surface area contributed by atoms with Gasteiger partial charge in [0.25, 0.3) is 0 Å². The van der Waals surface area contributed by atoms with Gasteiger partial charge in [-0.25, -0.2) is 0 Å². The van der Waals surface area contributed by atoms with Crippen molar-refractivity contribution in [2.45, 2.75) is 39.4 Å². The molecule has 3 heteroatoms. The van der Waals surface area contributed by atoms with Gasteiger partial charge in [0.1, 0.15) is 0 Å². The van der Waals surface area contributed by atoms with Gasteiger partial charge < -0.3 is 10.5 Å². The molecular formula is C12H18BrNO. The molecular weight excluding hydrogens is 254 g/mol. The molecule has 1 unspecified atom stereocenters. The third-order valence-electron chi connectivity index (χ3n) is 2.33. The van der Waals surface area contributed by atoms with Gasteiger partial charge in [-0.15, -0.1) is 0 Å². The molecule has 0 saturated carbocycles. The van der Waals surface area contributed by atoms with E-state index in [4.69, 9.17) is 10.5 Å². The Bertz CT molecular complexity index is 314. The van der Waals surface area contributed by atoms with Gasteiger partial charge in [-0.05, 0) is 25.5 Å². The SMILES string of the molecule is CCCC(C)OCc1ccc(Br)cc1N. The van der Waals surface area contributed by atoms with Crippen LogP contribution >= 0.6 is 15.9 Å². The highest BCUT2D eigenvalue weighted by atomic mass is 79.9. The van der Waals surface area contributed by atoms with E-state index in [1.54, 1.807) is 0 Å². The molecule has 2 nitrogen and oxygen atoms in total. The first-order chi connectivity index (χ1) is 7.13. The second-order valence-electron chi connectivity index (χ2n) is 3.75. The summed E-state index contributed by atoms with van der Waals surface area (Å²) in [5.74, 6) is 0. The predicted octanol–water partition coefficient (Wildman–Crippen LogP) is 3.74. The van der Waals surface area contributed by atoms with Crippen molar-refractivity contribution in [3.8, 4) is 0 Å². The molecule has 1 aromatic carbocycles. The smallest absolute Gasteiger partial charge is 0.0740 e. The third-order valence-corrected chi connectivity index (χ3v) is 2.82. The van der Waals surface area contributed by atoms with Crippen molar-refractivity contribution in [1.82, 2.24) is 0 Å². The normalized spacial score (nSPS) is 12.7. The van der Waals surface area contributed by atoms with Gasteiger partial charge in [0, 0.05) is 15.7 Å². The van der Waals surface area contributed by atoms with Gasteiger partial charge in [0.2, 0.25) is 0 Å². The second-order valence-corrected chi connectivity index (χ2v) is 4.67. The first kappa shape index (κ1) is 12.5. The molecule has 0 heterocycles. The van der Waals surface area contributed by atoms with Crippen LogP contribution in [0.25, 0.3) is 0 Å². The van der Waals surface area contributed by atoms with Crippen LogP contribution in [0.15, 0.2) is 22.7 Å². The van der Waals surface area contributed by atoms with Gasteiger partial charge in [-0.1, -0.05) is 35.3 Å². The van der Waals surface area contributed by atoms with Gasteiger partial charge in [-0.2, -0.15) is 0 Å². The number of ether oxygens (including phenoxy) is 1. The lowest BCUT2D eigenvalue weighted by Crippen LogP contribution is -2.08. The Hall–Kier alpha value is -0.540. The Kier molecular flexibility index (Phi) is 5.12. The van der Waals surface area contributed by atoms with E-state index >= 15 is 0 Å². The number of rotatable bonds is 5. The minimum absolute atomic E-state index is 0.304. The van der Waals surface area contributed by atoms with E-state index in [1.807, 2.05) is 18.2 Å². The Morgan fingerprint density at radius 3 is 2.80 bits per heavy atom. The topological polar surface area (TPSA) is 35.2 Å². The standard InChI is InChI=1S/C12H18BrNO/c1-3-4-9(2)15-8-10-5-6-11(13)7-12(10)14/h5-7,9H,3-4,8,14H2,1-2H3. The molecule has 1 aromatic rings. The summed E-state index contributed by atoms with van der Waals surface area (Å²) in [7, 11) is 0. The van der Waals surface area contributed by atoms with Crippen molar-refractivity contribution in [3.63, 3.8) is 0 Å². The van der Waals surface area contributed by atoms with Crippen LogP contribution < -0.4 is 5.73 Å². The number of anilines is 1. The summed E-state index contributed by atoms with van der Waals surface area (Å²) in [6.45, 7) is 4.85. The van der Waals surface area contributed by atoms with Crippen LogP contribution in [0.3, 0.4) is 0 Å².